The fraction of sp³-hybridized carbons (Fsp3) is 0.200. The van der Waals surface area contributed by atoms with Crippen molar-refractivity contribution in [1.29, 1.82) is 0 Å². The Labute approximate surface area is 93.8 Å². The minimum atomic E-state index is 0.413. The first kappa shape index (κ1) is 11.5. The summed E-state index contributed by atoms with van der Waals surface area (Å²) < 4.78 is 0. The van der Waals surface area contributed by atoms with Gasteiger partial charge in [-0.05, 0) is 31.2 Å². The van der Waals surface area contributed by atoms with Crippen LogP contribution in [-0.4, -0.2) is 18.6 Å². The molecule has 0 fully saturated rings. The molecule has 4 nitrogen and oxygen atoms in total. The number of hydrazone groups is 1. The minimum Gasteiger partial charge on any atom is -0.382 e. The van der Waals surface area contributed by atoms with Gasteiger partial charge in [0.1, 0.15) is 5.84 Å². The van der Waals surface area contributed by atoms with Crippen molar-refractivity contribution >= 4 is 28.8 Å². The van der Waals surface area contributed by atoms with Gasteiger partial charge in [-0.1, -0.05) is 11.6 Å². The summed E-state index contributed by atoms with van der Waals surface area (Å²) in [7, 11) is 1.62. The smallest absolute Gasteiger partial charge is 0.141 e. The maximum Gasteiger partial charge on any atom is 0.141 e. The van der Waals surface area contributed by atoms with Gasteiger partial charge in [0, 0.05) is 12.1 Å². The summed E-state index contributed by atoms with van der Waals surface area (Å²) in [5.74, 6) is 0.413. The molecule has 0 heterocycles. The van der Waals surface area contributed by atoms with E-state index in [1.165, 1.54) is 0 Å². The third kappa shape index (κ3) is 3.59. The van der Waals surface area contributed by atoms with Crippen molar-refractivity contribution in [2.24, 2.45) is 15.8 Å². The van der Waals surface area contributed by atoms with Crippen LogP contribution >= 0.6 is 11.6 Å². The molecule has 3 N–H and O–H groups in total. The molecule has 0 aliphatic carbocycles. The number of halogens is 1. The quantitative estimate of drug-likeness (QED) is 0.469. The summed E-state index contributed by atoms with van der Waals surface area (Å²) in [5, 5.41) is 4.75. The normalized spacial score (nSPS) is 12.7. The van der Waals surface area contributed by atoms with E-state index in [0.29, 0.717) is 16.6 Å². The summed E-state index contributed by atoms with van der Waals surface area (Å²) in [4.78, 5) is 3.82. The second-order valence-corrected chi connectivity index (χ2v) is 3.36. The molecule has 5 heteroatoms. The SMILES string of the molecule is CN=C(N)C(C)=NNc1ccc(Cl)cc1. The second-order valence-electron chi connectivity index (χ2n) is 2.92. The summed E-state index contributed by atoms with van der Waals surface area (Å²) in [6, 6.07) is 7.23. The van der Waals surface area contributed by atoms with Gasteiger partial charge in [0.2, 0.25) is 0 Å². The fourth-order valence-corrected chi connectivity index (χ4v) is 1.02. The van der Waals surface area contributed by atoms with Crippen LogP contribution in [0.5, 0.6) is 0 Å². The molecule has 1 aromatic rings. The fourth-order valence-electron chi connectivity index (χ4n) is 0.892. The van der Waals surface area contributed by atoms with Gasteiger partial charge >= 0.3 is 0 Å². The third-order valence-corrected chi connectivity index (χ3v) is 2.06. The number of rotatable bonds is 3. The largest absolute Gasteiger partial charge is 0.382 e. The topological polar surface area (TPSA) is 62.8 Å². The Balaban J connectivity index is 2.68. The van der Waals surface area contributed by atoms with E-state index in [9.17, 15) is 0 Å². The van der Waals surface area contributed by atoms with E-state index in [2.05, 4.69) is 15.5 Å². The number of amidine groups is 1. The summed E-state index contributed by atoms with van der Waals surface area (Å²) >= 11 is 5.74. The van der Waals surface area contributed by atoms with Crippen LogP contribution in [0.25, 0.3) is 0 Å². The standard InChI is InChI=1S/C10H13ClN4/c1-7(10(12)13-2)14-15-9-5-3-8(11)4-6-9/h3-6,15H,1-2H3,(H2,12,13). The lowest BCUT2D eigenvalue weighted by Gasteiger charge is -2.02. The second kappa shape index (κ2) is 5.36. The minimum absolute atomic E-state index is 0.413. The molecule has 1 aromatic carbocycles. The number of nitrogens with two attached hydrogens (primary N) is 1. The van der Waals surface area contributed by atoms with Crippen molar-refractivity contribution in [2.45, 2.75) is 6.92 Å². The van der Waals surface area contributed by atoms with Crippen molar-refractivity contribution < 1.29 is 0 Å². The molecule has 0 aliphatic rings. The van der Waals surface area contributed by atoms with Gasteiger partial charge in [-0.3, -0.25) is 10.4 Å². The van der Waals surface area contributed by atoms with Crippen LogP contribution in [0.1, 0.15) is 6.92 Å². The van der Waals surface area contributed by atoms with E-state index in [1.807, 2.05) is 12.1 Å². The van der Waals surface area contributed by atoms with E-state index in [0.717, 1.165) is 5.69 Å². The predicted molar refractivity (Wildman–Crippen MR) is 65.7 cm³/mol. The lowest BCUT2D eigenvalue weighted by molar-refractivity contribution is 1.32. The Bertz CT molecular complexity index is 381. The van der Waals surface area contributed by atoms with E-state index in [-0.39, 0.29) is 0 Å². The first-order valence-corrected chi connectivity index (χ1v) is 4.80. The molecule has 0 radical (unpaired) electrons. The van der Waals surface area contributed by atoms with E-state index in [1.54, 1.807) is 26.1 Å². The van der Waals surface area contributed by atoms with E-state index >= 15 is 0 Å². The van der Waals surface area contributed by atoms with Crippen LogP contribution < -0.4 is 11.2 Å². The van der Waals surface area contributed by atoms with Gasteiger partial charge in [0.15, 0.2) is 0 Å². The van der Waals surface area contributed by atoms with Crippen LogP contribution in [0.3, 0.4) is 0 Å². The molecule has 0 bridgehead atoms. The molecule has 0 aromatic heterocycles. The highest BCUT2D eigenvalue weighted by Crippen LogP contribution is 2.13. The van der Waals surface area contributed by atoms with Crippen LogP contribution in [-0.2, 0) is 0 Å². The van der Waals surface area contributed by atoms with Crippen molar-refractivity contribution in [3.63, 3.8) is 0 Å². The molecule has 0 saturated carbocycles. The zero-order valence-electron chi connectivity index (χ0n) is 8.66. The van der Waals surface area contributed by atoms with Gasteiger partial charge in [-0.2, -0.15) is 5.10 Å². The van der Waals surface area contributed by atoms with Crippen molar-refractivity contribution in [3.05, 3.63) is 29.3 Å². The van der Waals surface area contributed by atoms with Crippen LogP contribution in [0.4, 0.5) is 5.69 Å². The van der Waals surface area contributed by atoms with Gasteiger partial charge < -0.3 is 5.73 Å². The maximum absolute atomic E-state index is 5.74. The highest BCUT2D eigenvalue weighted by Gasteiger charge is 1.95. The van der Waals surface area contributed by atoms with Crippen LogP contribution in [0.2, 0.25) is 5.02 Å². The first-order chi connectivity index (χ1) is 7.13. The molecule has 15 heavy (non-hydrogen) atoms. The average molecular weight is 225 g/mol. The lowest BCUT2D eigenvalue weighted by Crippen LogP contribution is -2.21. The van der Waals surface area contributed by atoms with Crippen LogP contribution in [0, 0.1) is 0 Å². The monoisotopic (exact) mass is 224 g/mol. The summed E-state index contributed by atoms with van der Waals surface area (Å²) in [6.45, 7) is 1.78. The molecule has 0 spiro atoms. The molecule has 0 aliphatic heterocycles. The highest BCUT2D eigenvalue weighted by atomic mass is 35.5. The van der Waals surface area contributed by atoms with Gasteiger partial charge in [0.25, 0.3) is 0 Å². The number of nitrogens with zero attached hydrogens (tertiary/aromatic N) is 2. The van der Waals surface area contributed by atoms with Crippen molar-refractivity contribution in [1.82, 2.24) is 0 Å². The zero-order chi connectivity index (χ0) is 11.3. The molecule has 1 rings (SSSR count). The van der Waals surface area contributed by atoms with Crippen molar-refractivity contribution in [3.8, 4) is 0 Å². The number of nitrogens with one attached hydrogen (secondary N) is 1. The Morgan fingerprint density at radius 2 is 1.93 bits per heavy atom. The predicted octanol–water partition coefficient (Wildman–Crippen LogP) is 2.11. The number of hydrogen-bond acceptors (Lipinski definition) is 3. The molecule has 80 valence electrons. The molecular weight excluding hydrogens is 212 g/mol. The molecule has 0 atom stereocenters. The van der Waals surface area contributed by atoms with E-state index < -0.39 is 0 Å². The average Bonchev–Trinajstić information content (AvgIpc) is 2.26. The third-order valence-electron chi connectivity index (χ3n) is 1.81. The van der Waals surface area contributed by atoms with E-state index in [4.69, 9.17) is 17.3 Å². The van der Waals surface area contributed by atoms with Gasteiger partial charge in [-0.25, -0.2) is 0 Å². The number of aliphatic imine (C=N–C) groups is 1. The zero-order valence-corrected chi connectivity index (χ0v) is 9.42. The molecule has 0 unspecified atom stereocenters. The molecule has 0 amide bonds. The van der Waals surface area contributed by atoms with Crippen molar-refractivity contribution in [2.75, 3.05) is 12.5 Å². The lowest BCUT2D eigenvalue weighted by atomic mass is 10.3. The summed E-state index contributed by atoms with van der Waals surface area (Å²) in [6.07, 6.45) is 0. The Morgan fingerprint density at radius 1 is 1.33 bits per heavy atom. The number of anilines is 1. The van der Waals surface area contributed by atoms with Gasteiger partial charge in [-0.15, -0.1) is 0 Å². The van der Waals surface area contributed by atoms with Gasteiger partial charge in [0.05, 0.1) is 11.4 Å². The Morgan fingerprint density at radius 3 is 2.47 bits per heavy atom. The molecule has 0 saturated heterocycles. The first-order valence-electron chi connectivity index (χ1n) is 4.42. The number of benzene rings is 1. The Kier molecular flexibility index (Phi) is 4.12. The highest BCUT2D eigenvalue weighted by molar-refractivity contribution is 6.40. The molecular formula is C10H13ClN4. The maximum atomic E-state index is 5.74. The Hall–Kier alpha value is -1.55. The van der Waals surface area contributed by atoms with Crippen LogP contribution in [0.15, 0.2) is 34.4 Å². The number of hydrogen-bond donors (Lipinski definition) is 2. The summed E-state index contributed by atoms with van der Waals surface area (Å²) in [5.41, 5.74) is 9.91.